The van der Waals surface area contributed by atoms with Crippen molar-refractivity contribution in [2.45, 2.75) is 138 Å². The molecule has 0 amide bonds. The van der Waals surface area contributed by atoms with Gasteiger partial charge in [-0.05, 0) is 299 Å². The summed E-state index contributed by atoms with van der Waals surface area (Å²) in [5.41, 5.74) is 30.0. The lowest BCUT2D eigenvalue weighted by atomic mass is 10.1. The summed E-state index contributed by atoms with van der Waals surface area (Å²) in [5.74, 6) is 2.68. The zero-order chi connectivity index (χ0) is 78.4. The number of benzene rings is 10. The molecule has 110 heavy (non-hydrogen) atoms. The van der Waals surface area contributed by atoms with E-state index in [0.29, 0.717) is 0 Å². The van der Waals surface area contributed by atoms with Crippen molar-refractivity contribution in [2.75, 3.05) is 0 Å². The SMILES string of the molecule is CC1=Cc2cc(C)ccc2[Si]1.CC1=Nc2cc(C)ccc2[Si]1.Cc1ccc(C)c2nonc12.Cc1ccc(C)c2nsnc12.Cc1ccc2[nH]c(C)cc2c1.Cc1ccc2nc(C)[nH]c2c1.Cc1ccc2oc(C)cc2c1.Cc1ccc2oc(C)nc2c1.Cc1ccc2sc(C)cc2c1.Cc1ccc2sc(C)nc2c1. The van der Waals surface area contributed by atoms with Crippen LogP contribution in [-0.4, -0.2) is 68.4 Å². The molecule has 0 saturated carbocycles. The number of hydrogen-bond acceptors (Lipinski definition) is 14. The van der Waals surface area contributed by atoms with Crippen LogP contribution >= 0.6 is 34.4 Å². The van der Waals surface area contributed by atoms with Gasteiger partial charge in [-0.2, -0.15) is 8.75 Å². The van der Waals surface area contributed by atoms with Crippen molar-refractivity contribution in [2.24, 2.45) is 4.99 Å². The minimum atomic E-state index is 0.727. The predicted octanol–water partition coefficient (Wildman–Crippen LogP) is 24.1. The molecular formula is C92H94N10O3S3Si2. The molecule has 0 saturated heterocycles. The number of nitrogens with zero attached hydrogens (tertiary/aromatic N) is 8. The largest absolute Gasteiger partial charge is 0.461 e. The zero-order valence-electron chi connectivity index (χ0n) is 66.5. The number of allylic oxidation sites excluding steroid dienone is 1. The molecule has 0 aliphatic carbocycles. The van der Waals surface area contributed by atoms with Crippen LogP contribution in [0.15, 0.2) is 212 Å². The molecule has 0 unspecified atom stereocenters. The Morgan fingerprint density at radius 2 is 0.918 bits per heavy atom. The van der Waals surface area contributed by atoms with E-state index in [9.17, 15) is 0 Å². The van der Waals surface area contributed by atoms with Gasteiger partial charge < -0.3 is 18.8 Å². The van der Waals surface area contributed by atoms with Gasteiger partial charge in [-0.3, -0.25) is 4.99 Å². The van der Waals surface area contributed by atoms with E-state index < -0.39 is 0 Å². The fraction of sp³-hybridized carbons (Fsp3) is 0.217. The van der Waals surface area contributed by atoms with Crippen LogP contribution in [0.5, 0.6) is 0 Å². The molecule has 0 fully saturated rings. The van der Waals surface area contributed by atoms with E-state index in [1.165, 1.54) is 141 Å². The fourth-order valence-corrected chi connectivity index (χ4v) is 16.9. The highest BCUT2D eigenvalue weighted by Crippen LogP contribution is 2.28. The normalized spacial score (nSPS) is 11.5. The van der Waals surface area contributed by atoms with Gasteiger partial charge in [0.1, 0.15) is 63.8 Å². The number of H-pyrrole nitrogens is 2. The van der Waals surface area contributed by atoms with Crippen molar-refractivity contribution in [1.29, 1.82) is 0 Å². The Morgan fingerprint density at radius 1 is 0.373 bits per heavy atom. The summed E-state index contributed by atoms with van der Waals surface area (Å²) in [4.78, 5) is 25.2. The van der Waals surface area contributed by atoms with E-state index in [1.807, 2.05) is 102 Å². The number of aromatic amines is 2. The highest BCUT2D eigenvalue weighted by molar-refractivity contribution is 7.19. The number of rotatable bonds is 0. The Labute approximate surface area is 662 Å². The first-order valence-corrected chi connectivity index (χ1v) is 40.9. The maximum Gasteiger partial charge on any atom is 0.192 e. The molecule has 10 aromatic carbocycles. The Bertz CT molecular complexity index is 5470. The first-order valence-electron chi connectivity index (χ1n) is 36.6. The molecule has 18 aromatic rings. The second kappa shape index (κ2) is 36.6. The molecule has 0 spiro atoms. The molecule has 10 heterocycles. The van der Waals surface area contributed by atoms with Gasteiger partial charge in [0.25, 0.3) is 0 Å². The van der Waals surface area contributed by atoms with Crippen molar-refractivity contribution >= 4 is 167 Å². The maximum absolute atomic E-state index is 5.42. The summed E-state index contributed by atoms with van der Waals surface area (Å²) >= 11 is 4.89. The molecule has 2 aliphatic heterocycles. The molecule has 0 bridgehead atoms. The van der Waals surface area contributed by atoms with Gasteiger partial charge in [0.2, 0.25) is 0 Å². The van der Waals surface area contributed by atoms with Crippen LogP contribution in [0.3, 0.4) is 0 Å². The summed E-state index contributed by atoms with van der Waals surface area (Å²) < 4.78 is 26.5. The molecule has 556 valence electrons. The number of hydrogen-bond donors (Lipinski definition) is 2. The number of furan rings is 1. The quantitative estimate of drug-likeness (QED) is 0.139. The predicted molar refractivity (Wildman–Crippen MR) is 471 cm³/mol. The molecule has 8 aromatic heterocycles. The standard InChI is InChI=1S/C10H11N.C10H10O.C10H10S.C10H10Si.C9H10N2.C9H9NO.C9H9NS.C9H9NSi.C8H8N2O.C8H8N2S/c4*1-7-3-4-10-9(5-7)6-8(2)11-10;1-6-3-4-8-9(5-6)11-7(2)10-8;3*1-6-3-4-9-8(5-6)10-7(2)11-9;2*1-5-3-4-6(2)8-7(5)9-11-10-8/h3-6,11H,1-2H3;3*3-6H,1-2H3;3-5H,1-2H3,(H,10,11);3*3-5H,1-2H3;2*3-4H,1-2H3. The van der Waals surface area contributed by atoms with E-state index in [2.05, 4.69) is 295 Å². The van der Waals surface area contributed by atoms with Gasteiger partial charge in [-0.1, -0.05) is 136 Å². The van der Waals surface area contributed by atoms with Gasteiger partial charge >= 0.3 is 0 Å². The van der Waals surface area contributed by atoms with Crippen LogP contribution in [0, 0.1) is 125 Å². The lowest BCUT2D eigenvalue weighted by Gasteiger charge is -1.97. The lowest BCUT2D eigenvalue weighted by molar-refractivity contribution is 0.315. The Kier molecular flexibility index (Phi) is 26.6. The van der Waals surface area contributed by atoms with Crippen molar-refractivity contribution in [3.8, 4) is 0 Å². The molecule has 20 rings (SSSR count). The summed E-state index contributed by atoms with van der Waals surface area (Å²) in [5, 5.41) is 18.3. The number of imidazole rings is 1. The minimum absolute atomic E-state index is 0.727. The van der Waals surface area contributed by atoms with E-state index in [1.54, 1.807) is 11.3 Å². The summed E-state index contributed by atoms with van der Waals surface area (Å²) in [7, 11) is 1.71. The Balaban J connectivity index is 0.000000121. The second-order valence-corrected chi connectivity index (χ2v) is 34.4. The van der Waals surface area contributed by atoms with Crippen LogP contribution in [0.1, 0.15) is 119 Å². The third-order valence-corrected chi connectivity index (χ3v) is 22.8. The molecule has 2 N–H and O–H groups in total. The highest BCUT2D eigenvalue weighted by Gasteiger charge is 2.13. The molecule has 0 atom stereocenters. The number of aromatic nitrogens is 9. The summed E-state index contributed by atoms with van der Waals surface area (Å²) in [6.07, 6.45) is 2.29. The lowest BCUT2D eigenvalue weighted by Crippen LogP contribution is -2.15. The van der Waals surface area contributed by atoms with Crippen LogP contribution < -0.4 is 10.4 Å². The number of oxazole rings is 1. The van der Waals surface area contributed by atoms with Crippen molar-refractivity contribution in [1.82, 2.24) is 44.0 Å². The van der Waals surface area contributed by atoms with E-state index >= 15 is 0 Å². The van der Waals surface area contributed by atoms with Crippen LogP contribution in [0.2, 0.25) is 0 Å². The third-order valence-electron chi connectivity index (χ3n) is 17.9. The van der Waals surface area contributed by atoms with E-state index in [0.717, 1.165) is 108 Å². The number of thiophene rings is 1. The van der Waals surface area contributed by atoms with Gasteiger partial charge in [-0.15, -0.1) is 22.7 Å². The first-order chi connectivity index (χ1) is 52.6. The van der Waals surface area contributed by atoms with Crippen LogP contribution in [-0.2, 0) is 0 Å². The van der Waals surface area contributed by atoms with Crippen LogP contribution in [0.25, 0.3) is 92.5 Å². The van der Waals surface area contributed by atoms with Crippen molar-refractivity contribution < 1.29 is 13.5 Å². The van der Waals surface area contributed by atoms with Gasteiger partial charge in [0.05, 0.1) is 43.7 Å². The number of aliphatic imine (C=N–C) groups is 1. The minimum Gasteiger partial charge on any atom is -0.461 e. The smallest absolute Gasteiger partial charge is 0.192 e. The van der Waals surface area contributed by atoms with E-state index in [-0.39, 0.29) is 0 Å². The number of aryl methyl sites for hydroxylation is 18. The second-order valence-electron chi connectivity index (χ2n) is 28.3. The first kappa shape index (κ1) is 80.2. The summed E-state index contributed by atoms with van der Waals surface area (Å²) in [6.45, 7) is 41.3. The number of fused-ring (bicyclic) bond motifs is 10. The molecule has 18 heteroatoms. The number of nitrogens with one attached hydrogen (secondary N) is 2. The zero-order valence-corrected chi connectivity index (χ0v) is 71.0. The average molecular weight is 1540 g/mol. The molecule has 2 aliphatic rings. The maximum atomic E-state index is 5.42. The third kappa shape index (κ3) is 21.8. The Hall–Kier alpha value is -10.9. The average Bonchev–Trinajstić information content (AvgIpc) is 1.65. The topological polar surface area (TPSA) is 174 Å². The molecular weight excluding hydrogens is 1450 g/mol. The van der Waals surface area contributed by atoms with Crippen molar-refractivity contribution in [3.05, 3.63) is 299 Å². The Morgan fingerprint density at radius 3 is 1.60 bits per heavy atom. The molecule has 4 radical (unpaired) electrons. The van der Waals surface area contributed by atoms with Gasteiger partial charge in [0, 0.05) is 38.4 Å². The summed E-state index contributed by atoms with van der Waals surface area (Å²) in [6, 6.07) is 65.7. The highest BCUT2D eigenvalue weighted by atomic mass is 32.1. The van der Waals surface area contributed by atoms with Crippen LogP contribution in [0.4, 0.5) is 5.69 Å². The monoisotopic (exact) mass is 1540 g/mol. The number of thiazole rings is 1. The van der Waals surface area contributed by atoms with E-state index in [4.69, 9.17) is 8.83 Å². The molecule has 13 nitrogen and oxygen atoms in total. The van der Waals surface area contributed by atoms with Gasteiger partial charge in [0.15, 0.2) is 11.5 Å². The van der Waals surface area contributed by atoms with Gasteiger partial charge in [-0.25, -0.2) is 19.6 Å². The van der Waals surface area contributed by atoms with Crippen molar-refractivity contribution in [3.63, 3.8) is 0 Å². The fourth-order valence-electron chi connectivity index (χ4n) is 12.4.